The van der Waals surface area contributed by atoms with Crippen LogP contribution >= 0.6 is 23.3 Å². The van der Waals surface area contributed by atoms with E-state index in [9.17, 15) is 13.2 Å². The number of hydrogen-bond donors (Lipinski definition) is 1. The van der Waals surface area contributed by atoms with Gasteiger partial charge in [-0.15, -0.1) is 0 Å². The predicted molar refractivity (Wildman–Crippen MR) is 80.8 cm³/mol. The first kappa shape index (κ1) is 15.9. The van der Waals surface area contributed by atoms with Crippen LogP contribution in [0.4, 0.5) is 0 Å². The SMILES string of the molecule is Cc1nsc(SCCS(=O)(=O)c2ccc(C(=O)O)cc2)n1. The Morgan fingerprint density at radius 3 is 2.52 bits per heavy atom. The lowest BCUT2D eigenvalue weighted by atomic mass is 10.2. The molecule has 0 bridgehead atoms. The fourth-order valence-electron chi connectivity index (χ4n) is 1.50. The number of aryl methyl sites for hydroxylation is 1. The zero-order chi connectivity index (χ0) is 15.5. The van der Waals surface area contributed by atoms with Crippen LogP contribution in [0.2, 0.25) is 0 Å². The second-order valence-corrected chi connectivity index (χ2v) is 8.31. The van der Waals surface area contributed by atoms with Crippen LogP contribution < -0.4 is 0 Å². The van der Waals surface area contributed by atoms with Crippen LogP contribution in [0.3, 0.4) is 0 Å². The van der Waals surface area contributed by atoms with Crippen LogP contribution in [0.5, 0.6) is 0 Å². The molecule has 0 saturated carbocycles. The Hall–Kier alpha value is -1.45. The number of sulfone groups is 1. The molecule has 0 amide bonds. The van der Waals surface area contributed by atoms with Crippen LogP contribution in [0.15, 0.2) is 33.5 Å². The van der Waals surface area contributed by atoms with E-state index in [1.54, 1.807) is 6.92 Å². The minimum absolute atomic E-state index is 0.0390. The van der Waals surface area contributed by atoms with Crippen LogP contribution in [-0.2, 0) is 9.84 Å². The highest BCUT2D eigenvalue weighted by atomic mass is 32.2. The number of benzene rings is 1. The van der Waals surface area contributed by atoms with Crippen LogP contribution in [0.1, 0.15) is 16.2 Å². The minimum atomic E-state index is -3.42. The Kier molecular flexibility index (Phi) is 4.96. The summed E-state index contributed by atoms with van der Waals surface area (Å²) in [6, 6.07) is 5.21. The molecule has 0 unspecified atom stereocenters. The summed E-state index contributed by atoms with van der Waals surface area (Å²) in [6.45, 7) is 1.78. The molecule has 0 atom stereocenters. The molecular weight excluding hydrogens is 332 g/mol. The van der Waals surface area contributed by atoms with Gasteiger partial charge in [0, 0.05) is 5.75 Å². The molecule has 112 valence electrons. The van der Waals surface area contributed by atoms with Gasteiger partial charge in [0.15, 0.2) is 14.2 Å². The average molecular weight is 344 g/mol. The molecule has 21 heavy (non-hydrogen) atoms. The lowest BCUT2D eigenvalue weighted by molar-refractivity contribution is 0.0696. The van der Waals surface area contributed by atoms with E-state index in [0.29, 0.717) is 11.6 Å². The molecule has 1 aromatic carbocycles. The third-order valence-electron chi connectivity index (χ3n) is 2.55. The number of hydrogen-bond acceptors (Lipinski definition) is 7. The van der Waals surface area contributed by atoms with Crippen molar-refractivity contribution in [3.63, 3.8) is 0 Å². The summed E-state index contributed by atoms with van der Waals surface area (Å²) < 4.78 is 29.0. The summed E-state index contributed by atoms with van der Waals surface area (Å²) >= 11 is 2.59. The quantitative estimate of drug-likeness (QED) is 0.801. The van der Waals surface area contributed by atoms with Gasteiger partial charge in [0.25, 0.3) is 0 Å². The van der Waals surface area contributed by atoms with E-state index in [1.807, 2.05) is 0 Å². The molecule has 0 aliphatic heterocycles. The number of carboxylic acids is 1. The number of carboxylic acid groups (broad SMARTS) is 1. The molecular formula is C12H12N2O4S3. The number of nitrogens with zero attached hydrogens (tertiary/aromatic N) is 2. The van der Waals surface area contributed by atoms with E-state index in [0.717, 1.165) is 4.34 Å². The van der Waals surface area contributed by atoms with Gasteiger partial charge in [-0.1, -0.05) is 11.8 Å². The molecule has 1 heterocycles. The van der Waals surface area contributed by atoms with Crippen molar-refractivity contribution in [3.8, 4) is 0 Å². The van der Waals surface area contributed by atoms with Crippen molar-refractivity contribution in [1.82, 2.24) is 9.36 Å². The summed E-state index contributed by atoms with van der Waals surface area (Å²) in [5.74, 6) is -0.0730. The Bertz CT molecular complexity index is 738. The lowest BCUT2D eigenvalue weighted by Gasteiger charge is -2.04. The summed E-state index contributed by atoms with van der Waals surface area (Å²) in [4.78, 5) is 15.0. The van der Waals surface area contributed by atoms with Gasteiger partial charge in [0.1, 0.15) is 5.82 Å². The molecule has 0 aliphatic carbocycles. The lowest BCUT2D eigenvalue weighted by Crippen LogP contribution is -2.09. The largest absolute Gasteiger partial charge is 0.478 e. The first-order valence-electron chi connectivity index (χ1n) is 5.88. The van der Waals surface area contributed by atoms with Gasteiger partial charge >= 0.3 is 5.97 Å². The summed E-state index contributed by atoms with van der Waals surface area (Å²) in [6.07, 6.45) is 0. The van der Waals surface area contributed by atoms with Gasteiger partial charge < -0.3 is 5.11 Å². The molecule has 0 saturated heterocycles. The zero-order valence-corrected chi connectivity index (χ0v) is 13.5. The average Bonchev–Trinajstić information content (AvgIpc) is 2.84. The van der Waals surface area contributed by atoms with E-state index in [1.165, 1.54) is 47.6 Å². The highest BCUT2D eigenvalue weighted by Gasteiger charge is 2.15. The third-order valence-corrected chi connectivity index (χ3v) is 6.46. The van der Waals surface area contributed by atoms with E-state index in [-0.39, 0.29) is 16.2 Å². The maximum absolute atomic E-state index is 12.1. The number of thioether (sulfide) groups is 1. The summed E-state index contributed by atoms with van der Waals surface area (Å²) in [5.41, 5.74) is 0.0626. The molecule has 2 rings (SSSR count). The van der Waals surface area contributed by atoms with Crippen molar-refractivity contribution in [3.05, 3.63) is 35.7 Å². The third kappa shape index (κ3) is 4.26. The second kappa shape index (κ2) is 6.54. The fourth-order valence-corrected chi connectivity index (χ4v) is 4.86. The van der Waals surface area contributed by atoms with E-state index >= 15 is 0 Å². The molecule has 2 aromatic rings. The molecule has 9 heteroatoms. The van der Waals surface area contributed by atoms with Gasteiger partial charge in [-0.25, -0.2) is 18.2 Å². The van der Waals surface area contributed by atoms with E-state index in [4.69, 9.17) is 5.11 Å². The number of aromatic nitrogens is 2. The van der Waals surface area contributed by atoms with Crippen molar-refractivity contribution in [2.75, 3.05) is 11.5 Å². The van der Waals surface area contributed by atoms with Gasteiger partial charge in [0.05, 0.1) is 16.2 Å². The highest BCUT2D eigenvalue weighted by Crippen LogP contribution is 2.21. The van der Waals surface area contributed by atoms with Crippen LogP contribution in [0, 0.1) is 6.92 Å². The van der Waals surface area contributed by atoms with E-state index in [2.05, 4.69) is 9.36 Å². The maximum atomic E-state index is 12.1. The van der Waals surface area contributed by atoms with Crippen molar-refractivity contribution in [1.29, 1.82) is 0 Å². The standard InChI is InChI=1S/C12H12N2O4S3/c1-8-13-12(20-14-8)19-6-7-21(17,18)10-4-2-9(3-5-10)11(15)16/h2-5H,6-7H2,1H3,(H,15,16). The Morgan fingerprint density at radius 1 is 1.33 bits per heavy atom. The van der Waals surface area contributed by atoms with E-state index < -0.39 is 15.8 Å². The number of aromatic carboxylic acids is 1. The second-order valence-electron chi connectivity index (χ2n) is 4.10. The van der Waals surface area contributed by atoms with Gasteiger partial charge in [-0.05, 0) is 42.7 Å². The molecule has 0 radical (unpaired) electrons. The minimum Gasteiger partial charge on any atom is -0.478 e. The van der Waals surface area contributed by atoms with Gasteiger partial charge in [0.2, 0.25) is 0 Å². The number of rotatable bonds is 6. The Balaban J connectivity index is 1.99. The molecule has 1 N–H and O–H groups in total. The van der Waals surface area contributed by atoms with Crippen molar-refractivity contribution < 1.29 is 18.3 Å². The zero-order valence-electron chi connectivity index (χ0n) is 11.0. The van der Waals surface area contributed by atoms with Gasteiger partial charge in [-0.3, -0.25) is 0 Å². The normalized spacial score (nSPS) is 11.5. The molecule has 0 aliphatic rings. The Labute approximate surface area is 130 Å². The number of carbonyl (C=O) groups is 1. The molecule has 1 aromatic heterocycles. The predicted octanol–water partition coefficient (Wildman–Crippen LogP) is 2.11. The Morgan fingerprint density at radius 2 is 2.00 bits per heavy atom. The molecule has 0 fully saturated rings. The highest BCUT2D eigenvalue weighted by molar-refractivity contribution is 8.02. The monoisotopic (exact) mass is 344 g/mol. The van der Waals surface area contributed by atoms with Crippen molar-refractivity contribution in [2.45, 2.75) is 16.2 Å². The van der Waals surface area contributed by atoms with Crippen LogP contribution in [0.25, 0.3) is 0 Å². The summed E-state index contributed by atoms with van der Waals surface area (Å²) in [7, 11) is -3.42. The molecule has 6 nitrogen and oxygen atoms in total. The summed E-state index contributed by atoms with van der Waals surface area (Å²) in [5, 5.41) is 8.78. The topological polar surface area (TPSA) is 97.2 Å². The smallest absolute Gasteiger partial charge is 0.335 e. The molecule has 0 spiro atoms. The first-order valence-corrected chi connectivity index (χ1v) is 9.29. The first-order chi connectivity index (χ1) is 9.88. The fraction of sp³-hybridized carbons (Fsp3) is 0.250. The van der Waals surface area contributed by atoms with Crippen molar-refractivity contribution >= 4 is 39.1 Å². The maximum Gasteiger partial charge on any atom is 0.335 e. The van der Waals surface area contributed by atoms with Crippen molar-refractivity contribution in [2.24, 2.45) is 0 Å². The van der Waals surface area contributed by atoms with Crippen LogP contribution in [-0.4, -0.2) is 40.4 Å². The van der Waals surface area contributed by atoms with Gasteiger partial charge in [-0.2, -0.15) is 4.37 Å².